The van der Waals surface area contributed by atoms with Crippen molar-refractivity contribution in [3.8, 4) is 11.3 Å². The van der Waals surface area contributed by atoms with Crippen LogP contribution in [0.25, 0.3) is 11.3 Å². The van der Waals surface area contributed by atoms with Crippen molar-refractivity contribution in [2.45, 2.75) is 18.7 Å². The summed E-state index contributed by atoms with van der Waals surface area (Å²) in [4.78, 5) is 18.1. The van der Waals surface area contributed by atoms with Crippen LogP contribution in [0.2, 0.25) is 0 Å². The summed E-state index contributed by atoms with van der Waals surface area (Å²) in [6.07, 6.45) is 0.404. The van der Waals surface area contributed by atoms with Crippen molar-refractivity contribution < 1.29 is 4.79 Å². The first kappa shape index (κ1) is 12.6. The van der Waals surface area contributed by atoms with Crippen molar-refractivity contribution in [1.82, 2.24) is 4.98 Å². The van der Waals surface area contributed by atoms with Crippen LogP contribution in [0.4, 0.5) is 5.13 Å². The van der Waals surface area contributed by atoms with Crippen LogP contribution in [-0.2, 0) is 4.79 Å². The first-order valence-corrected chi connectivity index (χ1v) is 7.42. The second-order valence-electron chi connectivity index (χ2n) is 4.64. The van der Waals surface area contributed by atoms with E-state index in [9.17, 15) is 4.79 Å². The van der Waals surface area contributed by atoms with Crippen LogP contribution in [0.1, 0.15) is 12.0 Å². The molecule has 1 aliphatic heterocycles. The third-order valence-corrected chi connectivity index (χ3v) is 4.38. The fraction of sp³-hybridized carbons (Fsp3) is 0.286. The van der Waals surface area contributed by atoms with Crippen molar-refractivity contribution in [1.29, 1.82) is 0 Å². The van der Waals surface area contributed by atoms with Gasteiger partial charge in [0, 0.05) is 23.9 Å². The van der Waals surface area contributed by atoms with Gasteiger partial charge in [0.15, 0.2) is 5.13 Å². The number of amides is 1. The van der Waals surface area contributed by atoms with E-state index < -0.39 is 0 Å². The predicted molar refractivity (Wildman–Crippen MR) is 78.9 cm³/mol. The lowest BCUT2D eigenvalue weighted by Gasteiger charge is -2.10. The molecule has 2 aromatic rings. The Balaban J connectivity index is 1.92. The number of anilines is 1. The zero-order chi connectivity index (χ0) is 13.4. The van der Waals surface area contributed by atoms with Gasteiger partial charge in [0.1, 0.15) is 0 Å². The number of alkyl halides is 1. The summed E-state index contributed by atoms with van der Waals surface area (Å²) in [7, 11) is 0. The molecule has 5 heteroatoms. The second-order valence-corrected chi connectivity index (χ2v) is 6.09. The molecule has 0 N–H and O–H groups in total. The van der Waals surface area contributed by atoms with Crippen molar-refractivity contribution in [2.24, 2.45) is 0 Å². The topological polar surface area (TPSA) is 33.2 Å². The molecule has 1 atom stereocenters. The van der Waals surface area contributed by atoms with Gasteiger partial charge in [0.2, 0.25) is 5.91 Å². The normalized spacial score (nSPS) is 19.2. The number of carbonyl (C=O) groups is 1. The molecule has 0 spiro atoms. The molecular formula is C14H13ClN2OS. The SMILES string of the molecule is Cc1ccccc1-c1csc(N2CC(Cl)CC2=O)n1. The number of aromatic nitrogens is 1. The number of thiazole rings is 1. The molecule has 19 heavy (non-hydrogen) atoms. The fourth-order valence-corrected chi connectivity index (χ4v) is 3.34. The van der Waals surface area contributed by atoms with Gasteiger partial charge in [-0.2, -0.15) is 0 Å². The zero-order valence-electron chi connectivity index (χ0n) is 10.5. The molecule has 1 fully saturated rings. The molecule has 3 rings (SSSR count). The lowest BCUT2D eigenvalue weighted by Crippen LogP contribution is -2.24. The van der Waals surface area contributed by atoms with E-state index in [0.29, 0.717) is 13.0 Å². The smallest absolute Gasteiger partial charge is 0.230 e. The van der Waals surface area contributed by atoms with Crippen molar-refractivity contribution in [3.63, 3.8) is 0 Å². The summed E-state index contributed by atoms with van der Waals surface area (Å²) >= 11 is 7.51. The third-order valence-electron chi connectivity index (χ3n) is 3.22. The van der Waals surface area contributed by atoms with E-state index in [0.717, 1.165) is 16.4 Å². The number of rotatable bonds is 2. The summed E-state index contributed by atoms with van der Waals surface area (Å²) < 4.78 is 0. The summed E-state index contributed by atoms with van der Waals surface area (Å²) in [6, 6.07) is 8.11. The van der Waals surface area contributed by atoms with Gasteiger partial charge < -0.3 is 0 Å². The Kier molecular flexibility index (Phi) is 3.29. The van der Waals surface area contributed by atoms with Crippen molar-refractivity contribution in [2.75, 3.05) is 11.4 Å². The first-order valence-electron chi connectivity index (χ1n) is 6.11. The highest BCUT2D eigenvalue weighted by molar-refractivity contribution is 7.14. The average Bonchev–Trinajstić information content (AvgIpc) is 2.96. The predicted octanol–water partition coefficient (Wildman–Crippen LogP) is 3.46. The van der Waals surface area contributed by atoms with E-state index in [-0.39, 0.29) is 11.3 Å². The van der Waals surface area contributed by atoms with Crippen LogP contribution in [-0.4, -0.2) is 22.8 Å². The molecule has 0 radical (unpaired) electrons. The Labute approximate surface area is 120 Å². The highest BCUT2D eigenvalue weighted by Gasteiger charge is 2.31. The largest absolute Gasteiger partial charge is 0.287 e. The molecule has 1 unspecified atom stereocenters. The second kappa shape index (κ2) is 4.94. The molecule has 0 saturated carbocycles. The molecule has 1 saturated heterocycles. The maximum Gasteiger partial charge on any atom is 0.230 e. The van der Waals surface area contributed by atoms with Gasteiger partial charge in [-0.05, 0) is 12.5 Å². The molecule has 1 amide bonds. The quantitative estimate of drug-likeness (QED) is 0.794. The van der Waals surface area contributed by atoms with Gasteiger partial charge in [0.05, 0.1) is 11.1 Å². The number of aryl methyl sites for hydroxylation is 1. The van der Waals surface area contributed by atoms with Crippen molar-refractivity contribution >= 4 is 34.0 Å². The molecule has 1 aromatic heterocycles. The summed E-state index contributed by atoms with van der Waals surface area (Å²) in [5, 5.41) is 2.64. The van der Waals surface area contributed by atoms with E-state index in [4.69, 9.17) is 11.6 Å². The number of hydrogen-bond donors (Lipinski definition) is 0. The Morgan fingerprint density at radius 1 is 1.42 bits per heavy atom. The molecule has 0 bridgehead atoms. The van der Waals surface area contributed by atoms with Crippen LogP contribution in [0.15, 0.2) is 29.6 Å². The van der Waals surface area contributed by atoms with Crippen LogP contribution >= 0.6 is 22.9 Å². The highest BCUT2D eigenvalue weighted by Crippen LogP contribution is 2.32. The molecule has 2 heterocycles. The van der Waals surface area contributed by atoms with Gasteiger partial charge in [-0.3, -0.25) is 9.69 Å². The van der Waals surface area contributed by atoms with E-state index in [1.54, 1.807) is 4.90 Å². The maximum atomic E-state index is 11.8. The van der Waals surface area contributed by atoms with Gasteiger partial charge in [0.25, 0.3) is 0 Å². The van der Waals surface area contributed by atoms with Crippen LogP contribution in [0.3, 0.4) is 0 Å². The Morgan fingerprint density at radius 3 is 2.89 bits per heavy atom. The number of hydrogen-bond acceptors (Lipinski definition) is 3. The van der Waals surface area contributed by atoms with Gasteiger partial charge in [-0.15, -0.1) is 22.9 Å². The summed E-state index contributed by atoms with van der Waals surface area (Å²) in [5.41, 5.74) is 3.21. The minimum atomic E-state index is -0.0988. The molecule has 1 aromatic carbocycles. The molecular weight excluding hydrogens is 280 g/mol. The lowest BCUT2D eigenvalue weighted by atomic mass is 10.1. The number of nitrogens with zero attached hydrogens (tertiary/aromatic N) is 2. The van der Waals surface area contributed by atoms with E-state index in [2.05, 4.69) is 18.0 Å². The number of carbonyl (C=O) groups excluding carboxylic acids is 1. The minimum Gasteiger partial charge on any atom is -0.287 e. The van der Waals surface area contributed by atoms with Crippen molar-refractivity contribution in [3.05, 3.63) is 35.2 Å². The zero-order valence-corrected chi connectivity index (χ0v) is 12.0. The Hall–Kier alpha value is -1.39. The van der Waals surface area contributed by atoms with Gasteiger partial charge in [-0.1, -0.05) is 24.3 Å². The maximum absolute atomic E-state index is 11.8. The number of halogens is 1. The minimum absolute atomic E-state index is 0.0608. The standard InChI is InChI=1S/C14H13ClN2OS/c1-9-4-2-3-5-11(9)12-8-19-14(16-12)17-7-10(15)6-13(17)18/h2-5,8,10H,6-7H2,1H3. The molecule has 0 aliphatic carbocycles. The van der Waals surface area contributed by atoms with Crippen LogP contribution in [0.5, 0.6) is 0 Å². The average molecular weight is 293 g/mol. The first-order chi connectivity index (χ1) is 9.15. The van der Waals surface area contributed by atoms with Crippen LogP contribution in [0, 0.1) is 6.92 Å². The van der Waals surface area contributed by atoms with Gasteiger partial charge >= 0.3 is 0 Å². The Morgan fingerprint density at radius 2 is 2.21 bits per heavy atom. The lowest BCUT2D eigenvalue weighted by molar-refractivity contribution is -0.117. The van der Waals surface area contributed by atoms with Crippen LogP contribution < -0.4 is 4.90 Å². The van der Waals surface area contributed by atoms with E-state index in [1.807, 2.05) is 23.6 Å². The van der Waals surface area contributed by atoms with E-state index in [1.165, 1.54) is 16.9 Å². The van der Waals surface area contributed by atoms with E-state index >= 15 is 0 Å². The molecule has 98 valence electrons. The fourth-order valence-electron chi connectivity index (χ4n) is 2.22. The summed E-state index contributed by atoms with van der Waals surface area (Å²) in [5.74, 6) is 0.0608. The Bertz CT molecular complexity index is 625. The third kappa shape index (κ3) is 2.38. The van der Waals surface area contributed by atoms with Gasteiger partial charge in [-0.25, -0.2) is 4.98 Å². The number of benzene rings is 1. The summed E-state index contributed by atoms with van der Waals surface area (Å²) in [6.45, 7) is 2.62. The highest BCUT2D eigenvalue weighted by atomic mass is 35.5. The molecule has 3 nitrogen and oxygen atoms in total. The molecule has 1 aliphatic rings. The monoisotopic (exact) mass is 292 g/mol.